The first-order valence-electron chi connectivity index (χ1n) is 7.20. The highest BCUT2D eigenvalue weighted by molar-refractivity contribution is 7.80. The van der Waals surface area contributed by atoms with E-state index < -0.39 is 0 Å². The van der Waals surface area contributed by atoms with E-state index in [9.17, 15) is 4.79 Å². The molecule has 0 aliphatic carbocycles. The third-order valence-electron chi connectivity index (χ3n) is 3.24. The molecule has 5 heteroatoms. The summed E-state index contributed by atoms with van der Waals surface area (Å²) in [5.41, 5.74) is 2.30. The van der Waals surface area contributed by atoms with Crippen molar-refractivity contribution < 1.29 is 4.79 Å². The maximum atomic E-state index is 12.5. The molecular weight excluding hydrogens is 306 g/mol. The normalized spacial score (nSPS) is 9.78. The van der Waals surface area contributed by atoms with Crippen LogP contribution >= 0.6 is 12.2 Å². The van der Waals surface area contributed by atoms with Crippen molar-refractivity contribution in [1.29, 1.82) is 0 Å². The van der Waals surface area contributed by atoms with Crippen LogP contribution in [0, 0.1) is 0 Å². The van der Waals surface area contributed by atoms with E-state index in [2.05, 4.69) is 17.2 Å². The van der Waals surface area contributed by atoms with Crippen LogP contribution in [0.15, 0.2) is 67.3 Å². The Morgan fingerprint density at radius 2 is 1.83 bits per heavy atom. The highest BCUT2D eigenvalue weighted by Crippen LogP contribution is 2.16. The summed E-state index contributed by atoms with van der Waals surface area (Å²) in [6.45, 7) is 4.22. The second kappa shape index (κ2) is 8.10. The van der Waals surface area contributed by atoms with Crippen molar-refractivity contribution in [2.45, 2.75) is 0 Å². The summed E-state index contributed by atoms with van der Waals surface area (Å²) in [6.07, 6.45) is 1.73. The number of nitrogens with one attached hydrogen (secondary N) is 2. The van der Waals surface area contributed by atoms with Gasteiger partial charge in [0, 0.05) is 30.5 Å². The molecule has 23 heavy (non-hydrogen) atoms. The Kier molecular flexibility index (Phi) is 5.88. The number of carbonyl (C=O) groups is 1. The smallest absolute Gasteiger partial charge is 0.258 e. The summed E-state index contributed by atoms with van der Waals surface area (Å²) in [5.74, 6) is -0.0601. The average Bonchev–Trinajstić information content (AvgIpc) is 2.60. The molecule has 2 aromatic carbocycles. The average molecular weight is 325 g/mol. The first-order valence-corrected chi connectivity index (χ1v) is 7.61. The van der Waals surface area contributed by atoms with Crippen LogP contribution in [0.2, 0.25) is 0 Å². The van der Waals surface area contributed by atoms with Gasteiger partial charge < -0.3 is 15.5 Å². The van der Waals surface area contributed by atoms with Crippen LogP contribution in [0.25, 0.3) is 0 Å². The number of nitrogens with zero attached hydrogens (tertiary/aromatic N) is 1. The first-order chi connectivity index (χ1) is 11.1. The zero-order chi connectivity index (χ0) is 16.7. The zero-order valence-corrected chi connectivity index (χ0v) is 13.8. The summed E-state index contributed by atoms with van der Waals surface area (Å²) in [5, 5.41) is 6.56. The molecule has 0 saturated carbocycles. The van der Waals surface area contributed by atoms with Gasteiger partial charge in [0.1, 0.15) is 0 Å². The molecule has 0 heterocycles. The molecule has 0 aliphatic rings. The lowest BCUT2D eigenvalue weighted by Crippen LogP contribution is -2.28. The fourth-order valence-electron chi connectivity index (χ4n) is 2.00. The number of hydrogen-bond donors (Lipinski definition) is 2. The lowest BCUT2D eigenvalue weighted by atomic mass is 10.1. The minimum absolute atomic E-state index is 0.0601. The van der Waals surface area contributed by atoms with E-state index in [0.717, 1.165) is 11.4 Å². The summed E-state index contributed by atoms with van der Waals surface area (Å²) < 4.78 is 0. The van der Waals surface area contributed by atoms with Crippen LogP contribution in [0.1, 0.15) is 10.4 Å². The van der Waals surface area contributed by atoms with Crippen LogP contribution < -0.4 is 15.5 Å². The molecule has 0 atom stereocenters. The van der Waals surface area contributed by atoms with E-state index in [1.807, 2.05) is 42.5 Å². The summed E-state index contributed by atoms with van der Waals surface area (Å²) >= 11 is 5.15. The Morgan fingerprint density at radius 1 is 1.17 bits per heavy atom. The van der Waals surface area contributed by atoms with Crippen molar-refractivity contribution >= 4 is 34.6 Å². The van der Waals surface area contributed by atoms with Crippen molar-refractivity contribution in [1.82, 2.24) is 5.32 Å². The van der Waals surface area contributed by atoms with Gasteiger partial charge in [-0.05, 0) is 48.6 Å². The Bertz CT molecular complexity index is 683. The standard InChI is InChI=1S/C18H19N3OS/c1-3-13-19-18(23)20-15-11-9-14(10-12-15)17(22)21(2)16-7-5-4-6-8-16/h3-12H,1,13H2,2H3,(H2,19,20,23). The number of carbonyl (C=O) groups excluding carboxylic acids is 1. The van der Waals surface area contributed by atoms with Gasteiger partial charge in [-0.2, -0.15) is 0 Å². The Labute approximate surface area is 141 Å². The molecule has 4 nitrogen and oxygen atoms in total. The Balaban J connectivity index is 2.03. The lowest BCUT2D eigenvalue weighted by Gasteiger charge is -2.17. The number of amides is 1. The third-order valence-corrected chi connectivity index (χ3v) is 3.49. The van der Waals surface area contributed by atoms with Gasteiger partial charge in [-0.25, -0.2) is 0 Å². The molecule has 118 valence electrons. The van der Waals surface area contributed by atoms with Crippen molar-refractivity contribution in [2.24, 2.45) is 0 Å². The Morgan fingerprint density at radius 3 is 2.43 bits per heavy atom. The van der Waals surface area contributed by atoms with E-state index in [1.54, 1.807) is 30.2 Å². The third kappa shape index (κ3) is 4.66. The van der Waals surface area contributed by atoms with Crippen molar-refractivity contribution in [3.8, 4) is 0 Å². The molecule has 1 amide bonds. The molecule has 2 aromatic rings. The van der Waals surface area contributed by atoms with Gasteiger partial charge in [0.25, 0.3) is 5.91 Å². The molecule has 0 aliphatic heterocycles. The molecule has 0 radical (unpaired) electrons. The van der Waals surface area contributed by atoms with Crippen molar-refractivity contribution in [2.75, 3.05) is 23.8 Å². The van der Waals surface area contributed by atoms with E-state index in [0.29, 0.717) is 17.2 Å². The monoisotopic (exact) mass is 325 g/mol. The fraction of sp³-hybridized carbons (Fsp3) is 0.111. The molecule has 0 spiro atoms. The fourth-order valence-corrected chi connectivity index (χ4v) is 2.20. The molecule has 0 unspecified atom stereocenters. The first kappa shape index (κ1) is 16.7. The zero-order valence-electron chi connectivity index (χ0n) is 13.0. The van der Waals surface area contributed by atoms with Gasteiger partial charge >= 0.3 is 0 Å². The topological polar surface area (TPSA) is 44.4 Å². The maximum absolute atomic E-state index is 12.5. The predicted octanol–water partition coefficient (Wildman–Crippen LogP) is 3.44. The van der Waals surface area contributed by atoms with Crippen molar-refractivity contribution in [3.05, 3.63) is 72.8 Å². The summed E-state index contributed by atoms with van der Waals surface area (Å²) in [6, 6.07) is 16.7. The number of thiocarbonyl (C=S) groups is 1. The quantitative estimate of drug-likeness (QED) is 0.653. The highest BCUT2D eigenvalue weighted by atomic mass is 32.1. The lowest BCUT2D eigenvalue weighted by molar-refractivity contribution is 0.0993. The second-order valence-corrected chi connectivity index (χ2v) is 5.31. The van der Waals surface area contributed by atoms with Gasteiger partial charge in [0.15, 0.2) is 5.11 Å². The van der Waals surface area contributed by atoms with Crippen LogP contribution in [0.3, 0.4) is 0 Å². The molecule has 0 bridgehead atoms. The van der Waals surface area contributed by atoms with Crippen LogP contribution in [0.5, 0.6) is 0 Å². The SMILES string of the molecule is C=CCNC(=S)Nc1ccc(C(=O)N(C)c2ccccc2)cc1. The number of para-hydroxylation sites is 1. The van der Waals surface area contributed by atoms with Gasteiger partial charge in [-0.1, -0.05) is 24.3 Å². The molecule has 0 aromatic heterocycles. The number of rotatable bonds is 5. The second-order valence-electron chi connectivity index (χ2n) is 4.90. The number of benzene rings is 2. The molecule has 0 saturated heterocycles. The summed E-state index contributed by atoms with van der Waals surface area (Å²) in [4.78, 5) is 14.1. The van der Waals surface area contributed by atoms with Crippen molar-refractivity contribution in [3.63, 3.8) is 0 Å². The maximum Gasteiger partial charge on any atom is 0.258 e. The van der Waals surface area contributed by atoms with E-state index >= 15 is 0 Å². The van der Waals surface area contributed by atoms with E-state index in [-0.39, 0.29) is 5.91 Å². The van der Waals surface area contributed by atoms with Gasteiger partial charge in [-0.3, -0.25) is 4.79 Å². The van der Waals surface area contributed by atoms with E-state index in [1.165, 1.54) is 0 Å². The van der Waals surface area contributed by atoms with Crippen LogP contribution in [-0.4, -0.2) is 24.6 Å². The number of hydrogen-bond acceptors (Lipinski definition) is 2. The number of anilines is 2. The van der Waals surface area contributed by atoms with Gasteiger partial charge in [0.2, 0.25) is 0 Å². The van der Waals surface area contributed by atoms with E-state index in [4.69, 9.17) is 12.2 Å². The molecular formula is C18H19N3OS. The molecule has 2 rings (SSSR count). The predicted molar refractivity (Wildman–Crippen MR) is 100 cm³/mol. The largest absolute Gasteiger partial charge is 0.359 e. The Hall–Kier alpha value is -2.66. The molecule has 2 N–H and O–H groups in total. The highest BCUT2D eigenvalue weighted by Gasteiger charge is 2.12. The minimum Gasteiger partial charge on any atom is -0.359 e. The molecule has 0 fully saturated rings. The summed E-state index contributed by atoms with van der Waals surface area (Å²) in [7, 11) is 1.76. The van der Waals surface area contributed by atoms with Gasteiger partial charge in [-0.15, -0.1) is 6.58 Å². The van der Waals surface area contributed by atoms with Crippen LogP contribution in [0.4, 0.5) is 11.4 Å². The van der Waals surface area contributed by atoms with Gasteiger partial charge in [0.05, 0.1) is 0 Å². The van der Waals surface area contributed by atoms with Crippen LogP contribution in [-0.2, 0) is 0 Å². The minimum atomic E-state index is -0.0601.